The van der Waals surface area contributed by atoms with Gasteiger partial charge in [0.1, 0.15) is 0 Å². The van der Waals surface area contributed by atoms with Gasteiger partial charge in [0.15, 0.2) is 0 Å². The first-order chi connectivity index (χ1) is 30.7. The third-order valence-electron chi connectivity index (χ3n) is 12.1. The fourth-order valence-corrected chi connectivity index (χ4v) is 9.05. The highest BCUT2D eigenvalue weighted by molar-refractivity contribution is 6.13. The fourth-order valence-electron chi connectivity index (χ4n) is 9.05. The second-order valence-corrected chi connectivity index (χ2v) is 15.8. The van der Waals surface area contributed by atoms with Crippen molar-refractivity contribution in [1.82, 2.24) is 9.13 Å². The highest BCUT2D eigenvalue weighted by atomic mass is 15.0. The molecule has 9 aromatic carbocycles. The van der Waals surface area contributed by atoms with Crippen LogP contribution in [-0.4, -0.2) is 15.5 Å². The molecule has 1 atom stereocenters. The van der Waals surface area contributed by atoms with E-state index in [1.54, 1.807) is 6.20 Å². The molecule has 0 aliphatic rings. The molecule has 62 heavy (non-hydrogen) atoms. The quantitative estimate of drug-likeness (QED) is 0.115. The van der Waals surface area contributed by atoms with E-state index < -0.39 is 0 Å². The van der Waals surface area contributed by atoms with Crippen molar-refractivity contribution >= 4 is 50.0 Å². The molecule has 294 valence electrons. The number of aliphatic imine (C=N–C) groups is 1. The molecule has 0 bridgehead atoms. The third-order valence-corrected chi connectivity index (χ3v) is 12.1. The molecule has 0 radical (unpaired) electrons. The van der Waals surface area contributed by atoms with Crippen molar-refractivity contribution in [2.24, 2.45) is 10.7 Å². The smallest absolute Gasteiger partial charge is 0.0964 e. The van der Waals surface area contributed by atoms with E-state index in [0.29, 0.717) is 0 Å². The number of aromatic nitrogens is 2. The Bertz CT molecular complexity index is 3450. The topological polar surface area (TPSA) is 48.2 Å². The molecular formula is C58H42N4. The Balaban J connectivity index is 0.934. The summed E-state index contributed by atoms with van der Waals surface area (Å²) in [5.41, 5.74) is 22.3. The number of fused-ring (bicyclic) bond motifs is 6. The number of para-hydroxylation sites is 2. The van der Waals surface area contributed by atoms with E-state index in [1.165, 1.54) is 66.0 Å². The van der Waals surface area contributed by atoms with E-state index in [2.05, 4.69) is 221 Å². The van der Waals surface area contributed by atoms with Crippen LogP contribution in [0.25, 0.3) is 93.8 Å². The lowest BCUT2D eigenvalue weighted by Gasteiger charge is -2.12. The number of rotatable bonds is 9. The molecule has 4 heteroatoms. The summed E-state index contributed by atoms with van der Waals surface area (Å²) >= 11 is 0. The summed E-state index contributed by atoms with van der Waals surface area (Å²) in [7, 11) is 0. The molecule has 11 aromatic rings. The van der Waals surface area contributed by atoms with E-state index >= 15 is 0 Å². The standard InChI is InChI=1S/C58H42N4/c59-35-34-54(48-17-11-16-45(36-48)44-24-22-42(23-25-44)40-12-3-1-4-13-40)60-39-61-55-20-9-7-18-50(55)52-37-46(28-32-56(52)61)47-29-33-58-53(38-47)51-19-8-10-21-57(51)62(58)49-30-26-43(27-31-49)41-14-5-2-6-15-41/h1-39,54H,59H2/b35-34-,60-39+. The molecule has 4 nitrogen and oxygen atoms in total. The second-order valence-electron chi connectivity index (χ2n) is 15.8. The van der Waals surface area contributed by atoms with Crippen LogP contribution >= 0.6 is 0 Å². The monoisotopic (exact) mass is 794 g/mol. The first kappa shape index (κ1) is 36.8. The number of nitrogens with two attached hydrogens (primary N) is 1. The lowest BCUT2D eigenvalue weighted by Crippen LogP contribution is -2.00. The minimum Gasteiger partial charge on any atom is -0.405 e. The molecule has 0 fully saturated rings. The predicted molar refractivity (Wildman–Crippen MR) is 262 cm³/mol. The molecule has 0 aliphatic heterocycles. The summed E-state index contributed by atoms with van der Waals surface area (Å²) in [5.74, 6) is 0. The summed E-state index contributed by atoms with van der Waals surface area (Å²) in [4.78, 5) is 5.17. The van der Waals surface area contributed by atoms with Crippen LogP contribution in [0.3, 0.4) is 0 Å². The summed E-state index contributed by atoms with van der Waals surface area (Å²) in [5, 5.41) is 4.82. The van der Waals surface area contributed by atoms with Gasteiger partial charge in [-0.05, 0) is 117 Å². The van der Waals surface area contributed by atoms with E-state index in [-0.39, 0.29) is 6.04 Å². The first-order valence-electron chi connectivity index (χ1n) is 21.1. The Labute approximate surface area is 360 Å². The zero-order valence-electron chi connectivity index (χ0n) is 34.0. The summed E-state index contributed by atoms with van der Waals surface area (Å²) in [6.07, 6.45) is 5.51. The van der Waals surface area contributed by atoms with Crippen molar-refractivity contribution in [3.63, 3.8) is 0 Å². The Morgan fingerprint density at radius 3 is 1.45 bits per heavy atom. The van der Waals surface area contributed by atoms with Gasteiger partial charge in [0, 0.05) is 27.2 Å². The van der Waals surface area contributed by atoms with Gasteiger partial charge in [-0.15, -0.1) is 0 Å². The average molecular weight is 795 g/mol. The van der Waals surface area contributed by atoms with Crippen LogP contribution in [0, 0.1) is 0 Å². The molecular weight excluding hydrogens is 753 g/mol. The SMILES string of the molecule is N/C=C\C(/N=C/n1c2ccccc2c2cc(-c3ccc4c(c3)c3ccccc3n4-c3ccc(-c4ccccc4)cc3)ccc21)c1cccc(-c2ccc(-c3ccccc3)cc2)c1. The average Bonchev–Trinajstić information content (AvgIpc) is 3.85. The summed E-state index contributed by atoms with van der Waals surface area (Å²) in [6, 6.07) is 77.9. The van der Waals surface area contributed by atoms with Crippen molar-refractivity contribution in [3.8, 4) is 50.2 Å². The Hall–Kier alpha value is -8.21. The minimum absolute atomic E-state index is 0.269. The van der Waals surface area contributed by atoms with Gasteiger partial charge in [-0.3, -0.25) is 4.99 Å². The zero-order chi connectivity index (χ0) is 41.4. The van der Waals surface area contributed by atoms with E-state index in [4.69, 9.17) is 10.7 Å². The summed E-state index contributed by atoms with van der Waals surface area (Å²) < 4.78 is 4.59. The van der Waals surface area contributed by atoms with Crippen LogP contribution in [0.2, 0.25) is 0 Å². The van der Waals surface area contributed by atoms with Gasteiger partial charge in [0.25, 0.3) is 0 Å². The minimum atomic E-state index is -0.269. The van der Waals surface area contributed by atoms with Gasteiger partial charge in [0.2, 0.25) is 0 Å². The maximum atomic E-state index is 6.05. The van der Waals surface area contributed by atoms with Gasteiger partial charge in [-0.25, -0.2) is 0 Å². The molecule has 0 aliphatic carbocycles. The van der Waals surface area contributed by atoms with E-state index in [9.17, 15) is 0 Å². The molecule has 0 spiro atoms. The van der Waals surface area contributed by atoms with Crippen molar-refractivity contribution in [2.45, 2.75) is 6.04 Å². The molecule has 1 unspecified atom stereocenters. The van der Waals surface area contributed by atoms with E-state index in [0.717, 1.165) is 33.4 Å². The van der Waals surface area contributed by atoms with Crippen molar-refractivity contribution in [2.75, 3.05) is 0 Å². The highest BCUT2D eigenvalue weighted by Crippen LogP contribution is 2.38. The molecule has 0 amide bonds. The Morgan fingerprint density at radius 2 is 0.806 bits per heavy atom. The largest absolute Gasteiger partial charge is 0.405 e. The van der Waals surface area contributed by atoms with Crippen LogP contribution in [-0.2, 0) is 0 Å². The number of hydrogen-bond acceptors (Lipinski definition) is 2. The van der Waals surface area contributed by atoms with Crippen molar-refractivity contribution in [3.05, 3.63) is 236 Å². The molecule has 11 rings (SSSR count). The lowest BCUT2D eigenvalue weighted by molar-refractivity contribution is 0.907. The van der Waals surface area contributed by atoms with Crippen LogP contribution in [0.1, 0.15) is 11.6 Å². The maximum absolute atomic E-state index is 6.05. The number of benzene rings is 9. The molecule has 2 heterocycles. The Morgan fingerprint density at radius 1 is 0.371 bits per heavy atom. The normalized spacial score (nSPS) is 12.4. The molecule has 2 aromatic heterocycles. The van der Waals surface area contributed by atoms with Crippen LogP contribution in [0.4, 0.5) is 0 Å². The van der Waals surface area contributed by atoms with Crippen molar-refractivity contribution < 1.29 is 0 Å². The first-order valence-corrected chi connectivity index (χ1v) is 21.1. The molecule has 2 N–H and O–H groups in total. The van der Waals surface area contributed by atoms with Crippen LogP contribution in [0.5, 0.6) is 0 Å². The second kappa shape index (κ2) is 15.8. The van der Waals surface area contributed by atoms with Crippen LogP contribution < -0.4 is 5.73 Å². The van der Waals surface area contributed by atoms with Gasteiger partial charge >= 0.3 is 0 Å². The molecule has 0 saturated heterocycles. The van der Waals surface area contributed by atoms with E-state index in [1.807, 2.05) is 18.5 Å². The maximum Gasteiger partial charge on any atom is 0.0964 e. The summed E-state index contributed by atoms with van der Waals surface area (Å²) in [6.45, 7) is 0. The number of nitrogens with zero attached hydrogens (tertiary/aromatic N) is 3. The van der Waals surface area contributed by atoms with Gasteiger partial charge in [-0.2, -0.15) is 0 Å². The van der Waals surface area contributed by atoms with Crippen LogP contribution in [0.15, 0.2) is 236 Å². The predicted octanol–water partition coefficient (Wildman–Crippen LogP) is 14.6. The van der Waals surface area contributed by atoms with Crippen molar-refractivity contribution in [1.29, 1.82) is 0 Å². The van der Waals surface area contributed by atoms with Gasteiger partial charge in [0.05, 0.1) is 34.4 Å². The van der Waals surface area contributed by atoms with Gasteiger partial charge in [-0.1, -0.05) is 164 Å². The Kier molecular flexibility index (Phi) is 9.36. The lowest BCUT2D eigenvalue weighted by atomic mass is 9.97. The third kappa shape index (κ3) is 6.65. The van der Waals surface area contributed by atoms with Gasteiger partial charge < -0.3 is 14.9 Å². The molecule has 0 saturated carbocycles. The fraction of sp³-hybridized carbons (Fsp3) is 0.0172. The zero-order valence-corrected chi connectivity index (χ0v) is 34.0. The highest BCUT2D eigenvalue weighted by Gasteiger charge is 2.16. The number of hydrogen-bond donors (Lipinski definition) is 1.